The maximum atomic E-state index is 12.9. The molecule has 1 atom stereocenters. The average molecular weight is 331 g/mol. The van der Waals surface area contributed by atoms with E-state index in [0.29, 0.717) is 24.1 Å². The van der Waals surface area contributed by atoms with Gasteiger partial charge in [0.1, 0.15) is 5.82 Å². The molecule has 8 heteroatoms. The lowest BCUT2D eigenvalue weighted by Crippen LogP contribution is -2.39. The highest BCUT2D eigenvalue weighted by molar-refractivity contribution is 5.89. The second-order valence-corrected chi connectivity index (χ2v) is 5.44. The van der Waals surface area contributed by atoms with E-state index >= 15 is 0 Å². The lowest BCUT2D eigenvalue weighted by atomic mass is 10.3. The summed E-state index contributed by atoms with van der Waals surface area (Å²) >= 11 is 0. The number of hydrogen-bond donors (Lipinski definition) is 2. The van der Waals surface area contributed by atoms with Gasteiger partial charge in [-0.05, 0) is 30.7 Å². The molecule has 0 spiro atoms. The van der Waals surface area contributed by atoms with Crippen molar-refractivity contribution in [3.8, 4) is 5.88 Å². The van der Waals surface area contributed by atoms with Crippen molar-refractivity contribution in [2.45, 2.75) is 12.5 Å². The number of rotatable bonds is 4. The van der Waals surface area contributed by atoms with Crippen molar-refractivity contribution in [2.75, 3.05) is 30.4 Å². The number of nitrogens with one attached hydrogen (secondary N) is 2. The molecule has 7 nitrogen and oxygen atoms in total. The smallest absolute Gasteiger partial charge is 0.319 e. The second kappa shape index (κ2) is 7.12. The first-order valence-electron chi connectivity index (χ1n) is 7.59. The third kappa shape index (κ3) is 3.89. The molecule has 0 radical (unpaired) electrons. The zero-order valence-corrected chi connectivity index (χ0v) is 13.2. The highest BCUT2D eigenvalue weighted by Crippen LogP contribution is 2.18. The van der Waals surface area contributed by atoms with Gasteiger partial charge in [0.15, 0.2) is 0 Å². The fraction of sp³-hybridized carbons (Fsp3) is 0.312. The van der Waals surface area contributed by atoms with Crippen LogP contribution in [0.25, 0.3) is 0 Å². The lowest BCUT2D eigenvalue weighted by Gasteiger charge is -2.17. The SMILES string of the molecule is COc1ccnc(N2CC[C@H](NC(=O)Nc3ccc(F)cc3)C2)n1. The maximum absolute atomic E-state index is 12.9. The topological polar surface area (TPSA) is 79.4 Å². The molecule has 0 aliphatic carbocycles. The summed E-state index contributed by atoms with van der Waals surface area (Å²) in [5, 5.41) is 5.58. The molecular formula is C16H18FN5O2. The Morgan fingerprint density at radius 3 is 2.88 bits per heavy atom. The molecule has 1 aliphatic rings. The molecule has 2 aromatic rings. The van der Waals surface area contributed by atoms with Crippen molar-refractivity contribution in [1.29, 1.82) is 0 Å². The number of halogens is 1. The van der Waals surface area contributed by atoms with Crippen molar-refractivity contribution in [2.24, 2.45) is 0 Å². The van der Waals surface area contributed by atoms with Crippen LogP contribution in [0.5, 0.6) is 5.88 Å². The Morgan fingerprint density at radius 2 is 2.12 bits per heavy atom. The third-order valence-electron chi connectivity index (χ3n) is 3.73. The first-order chi connectivity index (χ1) is 11.6. The summed E-state index contributed by atoms with van der Waals surface area (Å²) in [6.45, 7) is 1.36. The molecule has 2 N–H and O–H groups in total. The highest BCUT2D eigenvalue weighted by Gasteiger charge is 2.25. The largest absolute Gasteiger partial charge is 0.481 e. The van der Waals surface area contributed by atoms with Crippen LogP contribution in [0.1, 0.15) is 6.42 Å². The molecule has 0 bridgehead atoms. The van der Waals surface area contributed by atoms with Crippen LogP contribution in [-0.2, 0) is 0 Å². The molecule has 1 fully saturated rings. The molecule has 1 aromatic heterocycles. The quantitative estimate of drug-likeness (QED) is 0.896. The number of anilines is 2. The Labute approximate surface area is 138 Å². The normalized spacial score (nSPS) is 16.8. The lowest BCUT2D eigenvalue weighted by molar-refractivity contribution is 0.249. The zero-order valence-electron chi connectivity index (χ0n) is 13.2. The van der Waals surface area contributed by atoms with Gasteiger partial charge >= 0.3 is 6.03 Å². The van der Waals surface area contributed by atoms with Crippen molar-refractivity contribution >= 4 is 17.7 Å². The van der Waals surface area contributed by atoms with Gasteiger partial charge in [-0.15, -0.1) is 0 Å². The molecule has 2 heterocycles. The molecular weight excluding hydrogens is 313 g/mol. The van der Waals surface area contributed by atoms with E-state index in [0.717, 1.165) is 13.0 Å². The summed E-state index contributed by atoms with van der Waals surface area (Å²) in [6.07, 6.45) is 2.43. The minimum absolute atomic E-state index is 0.0137. The predicted molar refractivity (Wildman–Crippen MR) is 87.8 cm³/mol. The monoisotopic (exact) mass is 331 g/mol. The molecule has 0 unspecified atom stereocenters. The number of urea groups is 1. The van der Waals surface area contributed by atoms with Crippen molar-refractivity contribution in [1.82, 2.24) is 15.3 Å². The van der Waals surface area contributed by atoms with Crippen LogP contribution < -0.4 is 20.3 Å². The summed E-state index contributed by atoms with van der Waals surface area (Å²) in [5.41, 5.74) is 0.542. The number of amides is 2. The summed E-state index contributed by atoms with van der Waals surface area (Å²) < 4.78 is 18.0. The van der Waals surface area contributed by atoms with Crippen LogP contribution in [0, 0.1) is 5.82 Å². The molecule has 3 rings (SSSR count). The Bertz CT molecular complexity index is 710. The van der Waals surface area contributed by atoms with E-state index < -0.39 is 0 Å². The first-order valence-corrected chi connectivity index (χ1v) is 7.59. The number of carbonyl (C=O) groups excluding carboxylic acids is 1. The summed E-state index contributed by atoms with van der Waals surface area (Å²) in [6, 6.07) is 6.98. The van der Waals surface area contributed by atoms with Crippen LogP contribution in [0.2, 0.25) is 0 Å². The maximum Gasteiger partial charge on any atom is 0.319 e. The van der Waals surface area contributed by atoms with Gasteiger partial charge in [-0.1, -0.05) is 0 Å². The van der Waals surface area contributed by atoms with Gasteiger partial charge in [-0.3, -0.25) is 0 Å². The average Bonchev–Trinajstić information content (AvgIpc) is 3.05. The summed E-state index contributed by atoms with van der Waals surface area (Å²) in [4.78, 5) is 22.5. The van der Waals surface area contributed by atoms with Crippen molar-refractivity contribution in [3.05, 3.63) is 42.3 Å². The van der Waals surface area contributed by atoms with Gasteiger partial charge in [0.25, 0.3) is 0 Å². The Balaban J connectivity index is 1.53. The van der Waals surface area contributed by atoms with Crippen LogP contribution in [0.3, 0.4) is 0 Å². The van der Waals surface area contributed by atoms with E-state index in [4.69, 9.17) is 4.74 Å². The van der Waals surface area contributed by atoms with E-state index in [9.17, 15) is 9.18 Å². The Kier molecular flexibility index (Phi) is 4.74. The fourth-order valence-electron chi connectivity index (χ4n) is 2.54. The predicted octanol–water partition coefficient (Wildman–Crippen LogP) is 2.02. The van der Waals surface area contributed by atoms with Crippen molar-refractivity contribution in [3.63, 3.8) is 0 Å². The number of ether oxygens (including phenoxy) is 1. The van der Waals surface area contributed by atoms with Gasteiger partial charge in [0.05, 0.1) is 7.11 Å². The fourth-order valence-corrected chi connectivity index (χ4v) is 2.54. The highest BCUT2D eigenvalue weighted by atomic mass is 19.1. The molecule has 24 heavy (non-hydrogen) atoms. The minimum Gasteiger partial charge on any atom is -0.481 e. The Morgan fingerprint density at radius 1 is 1.33 bits per heavy atom. The molecule has 0 saturated carbocycles. The van der Waals surface area contributed by atoms with Crippen LogP contribution in [0.15, 0.2) is 36.5 Å². The van der Waals surface area contributed by atoms with Gasteiger partial charge in [0.2, 0.25) is 11.8 Å². The van der Waals surface area contributed by atoms with Gasteiger partial charge in [-0.25, -0.2) is 14.2 Å². The first kappa shape index (κ1) is 16.0. The molecule has 1 saturated heterocycles. The number of hydrogen-bond acceptors (Lipinski definition) is 5. The zero-order chi connectivity index (χ0) is 16.9. The van der Waals surface area contributed by atoms with E-state index in [-0.39, 0.29) is 17.9 Å². The number of benzene rings is 1. The summed E-state index contributed by atoms with van der Waals surface area (Å²) in [7, 11) is 1.56. The van der Waals surface area contributed by atoms with Gasteiger partial charge < -0.3 is 20.3 Å². The second-order valence-electron chi connectivity index (χ2n) is 5.44. The van der Waals surface area contributed by atoms with Gasteiger partial charge in [0, 0.05) is 37.1 Å². The number of aromatic nitrogens is 2. The molecule has 1 aliphatic heterocycles. The number of nitrogens with zero attached hydrogens (tertiary/aromatic N) is 3. The van der Waals surface area contributed by atoms with E-state index in [1.807, 2.05) is 4.90 Å². The number of carbonyl (C=O) groups is 1. The van der Waals surface area contributed by atoms with Crippen LogP contribution in [0.4, 0.5) is 20.8 Å². The van der Waals surface area contributed by atoms with E-state index in [2.05, 4.69) is 20.6 Å². The molecule has 126 valence electrons. The number of methoxy groups -OCH3 is 1. The minimum atomic E-state index is -0.342. The van der Waals surface area contributed by atoms with E-state index in [1.54, 1.807) is 19.4 Å². The molecule has 1 aromatic carbocycles. The van der Waals surface area contributed by atoms with Gasteiger partial charge in [-0.2, -0.15) is 4.98 Å². The Hall–Kier alpha value is -2.90. The van der Waals surface area contributed by atoms with Crippen LogP contribution in [-0.4, -0.2) is 42.2 Å². The van der Waals surface area contributed by atoms with Crippen LogP contribution >= 0.6 is 0 Å². The standard InChI is InChI=1S/C16H18FN5O2/c1-24-14-6-8-18-15(21-14)22-9-7-13(10-22)20-16(23)19-12-4-2-11(17)3-5-12/h2-6,8,13H,7,9-10H2,1H3,(H2,19,20,23)/t13-/m0/s1. The summed E-state index contributed by atoms with van der Waals surface area (Å²) in [5.74, 6) is 0.744. The third-order valence-corrected chi connectivity index (χ3v) is 3.73. The van der Waals surface area contributed by atoms with Crippen molar-refractivity contribution < 1.29 is 13.9 Å². The molecule has 2 amide bonds. The van der Waals surface area contributed by atoms with E-state index in [1.165, 1.54) is 24.3 Å².